The minimum absolute atomic E-state index is 0.594. The van der Waals surface area contributed by atoms with Crippen LogP contribution in [0.4, 0.5) is 0 Å². The number of ether oxygens (including phenoxy) is 1. The van der Waals surface area contributed by atoms with Crippen molar-refractivity contribution in [2.24, 2.45) is 5.92 Å². The summed E-state index contributed by atoms with van der Waals surface area (Å²) in [6.07, 6.45) is 6.43. The molecule has 2 nitrogen and oxygen atoms in total. The van der Waals surface area contributed by atoms with Gasteiger partial charge in [-0.25, -0.2) is 0 Å². The quantitative estimate of drug-likeness (QED) is 0.578. The summed E-state index contributed by atoms with van der Waals surface area (Å²) in [7, 11) is 1.78. The molecule has 2 atom stereocenters. The van der Waals surface area contributed by atoms with Crippen molar-refractivity contribution in [3.63, 3.8) is 0 Å². The van der Waals surface area contributed by atoms with Gasteiger partial charge in [-0.3, -0.25) is 0 Å². The van der Waals surface area contributed by atoms with Gasteiger partial charge in [-0.1, -0.05) is 40.0 Å². The fourth-order valence-corrected chi connectivity index (χ4v) is 2.00. The summed E-state index contributed by atoms with van der Waals surface area (Å²) in [6, 6.07) is 1.23. The normalized spacial score (nSPS) is 15.4. The molecule has 0 saturated heterocycles. The Morgan fingerprint density at radius 2 is 1.75 bits per heavy atom. The highest BCUT2D eigenvalue weighted by molar-refractivity contribution is 4.74. The first-order valence-electron chi connectivity index (χ1n) is 6.86. The van der Waals surface area contributed by atoms with Crippen molar-refractivity contribution in [2.45, 2.75) is 71.9 Å². The second-order valence-electron chi connectivity index (χ2n) is 5.20. The molecule has 0 radical (unpaired) electrons. The van der Waals surface area contributed by atoms with Crippen LogP contribution in [-0.4, -0.2) is 25.8 Å². The molecule has 0 aliphatic carbocycles. The molecule has 1 N–H and O–H groups in total. The van der Waals surface area contributed by atoms with E-state index in [-0.39, 0.29) is 0 Å². The summed E-state index contributed by atoms with van der Waals surface area (Å²) in [5, 5.41) is 3.73. The third-order valence-electron chi connectivity index (χ3n) is 3.18. The average Bonchev–Trinajstić information content (AvgIpc) is 2.24. The van der Waals surface area contributed by atoms with Crippen LogP contribution in [0.5, 0.6) is 0 Å². The molecule has 2 unspecified atom stereocenters. The van der Waals surface area contributed by atoms with Gasteiger partial charge in [-0.2, -0.15) is 0 Å². The van der Waals surface area contributed by atoms with Crippen molar-refractivity contribution in [2.75, 3.05) is 13.7 Å². The van der Waals surface area contributed by atoms with Crippen LogP contribution in [0.2, 0.25) is 0 Å². The summed E-state index contributed by atoms with van der Waals surface area (Å²) in [6.45, 7) is 9.99. The van der Waals surface area contributed by atoms with Crippen molar-refractivity contribution in [3.8, 4) is 0 Å². The molecule has 0 spiro atoms. The van der Waals surface area contributed by atoms with E-state index in [2.05, 4.69) is 33.0 Å². The highest BCUT2D eigenvalue weighted by Gasteiger charge is 2.15. The first-order chi connectivity index (χ1) is 7.61. The zero-order valence-corrected chi connectivity index (χ0v) is 11.9. The fourth-order valence-electron chi connectivity index (χ4n) is 2.00. The van der Waals surface area contributed by atoms with E-state index in [1.807, 2.05) is 0 Å². The lowest BCUT2D eigenvalue weighted by atomic mass is 9.99. The molecule has 16 heavy (non-hydrogen) atoms. The molecule has 0 saturated carbocycles. The van der Waals surface area contributed by atoms with Crippen LogP contribution >= 0.6 is 0 Å². The first kappa shape index (κ1) is 15.9. The number of unbranched alkanes of at least 4 members (excludes halogenated alkanes) is 2. The van der Waals surface area contributed by atoms with Crippen LogP contribution in [-0.2, 0) is 4.74 Å². The Labute approximate surface area is 102 Å². The maximum atomic E-state index is 5.16. The van der Waals surface area contributed by atoms with Gasteiger partial charge in [0.2, 0.25) is 0 Å². The molecule has 0 aromatic rings. The van der Waals surface area contributed by atoms with Gasteiger partial charge in [0.1, 0.15) is 0 Å². The van der Waals surface area contributed by atoms with Gasteiger partial charge in [-0.05, 0) is 25.7 Å². The number of hydrogen-bond acceptors (Lipinski definition) is 2. The summed E-state index contributed by atoms with van der Waals surface area (Å²) in [4.78, 5) is 0. The lowest BCUT2D eigenvalue weighted by Gasteiger charge is -2.26. The van der Waals surface area contributed by atoms with Crippen molar-refractivity contribution in [3.05, 3.63) is 0 Å². The second-order valence-corrected chi connectivity index (χ2v) is 5.20. The van der Waals surface area contributed by atoms with Crippen LogP contribution in [0.25, 0.3) is 0 Å². The monoisotopic (exact) mass is 229 g/mol. The summed E-state index contributed by atoms with van der Waals surface area (Å²) >= 11 is 0. The Bertz CT molecular complexity index is 148. The minimum Gasteiger partial charge on any atom is -0.385 e. The molecule has 0 bridgehead atoms. The lowest BCUT2D eigenvalue weighted by molar-refractivity contribution is 0.170. The van der Waals surface area contributed by atoms with Gasteiger partial charge in [-0.15, -0.1) is 0 Å². The molecule has 0 aromatic carbocycles. The molecule has 0 rings (SSSR count). The van der Waals surface area contributed by atoms with Crippen LogP contribution < -0.4 is 5.32 Å². The van der Waals surface area contributed by atoms with E-state index in [1.165, 1.54) is 25.7 Å². The Kier molecular flexibility index (Phi) is 10.0. The Balaban J connectivity index is 3.78. The highest BCUT2D eigenvalue weighted by atomic mass is 16.5. The minimum atomic E-state index is 0.594. The zero-order chi connectivity index (χ0) is 12.4. The number of methoxy groups -OCH3 is 1. The van der Waals surface area contributed by atoms with Crippen LogP contribution in [0.1, 0.15) is 59.8 Å². The van der Waals surface area contributed by atoms with Gasteiger partial charge in [0.05, 0.1) is 0 Å². The van der Waals surface area contributed by atoms with Crippen molar-refractivity contribution in [1.82, 2.24) is 5.32 Å². The third-order valence-corrected chi connectivity index (χ3v) is 3.18. The van der Waals surface area contributed by atoms with Crippen LogP contribution in [0.3, 0.4) is 0 Å². The van der Waals surface area contributed by atoms with E-state index in [0.717, 1.165) is 13.0 Å². The molecule has 0 amide bonds. The lowest BCUT2D eigenvalue weighted by Crippen LogP contribution is -2.40. The number of rotatable bonds is 10. The van der Waals surface area contributed by atoms with E-state index < -0.39 is 0 Å². The van der Waals surface area contributed by atoms with E-state index in [1.54, 1.807) is 7.11 Å². The first-order valence-corrected chi connectivity index (χ1v) is 6.86. The van der Waals surface area contributed by atoms with Crippen molar-refractivity contribution in [1.29, 1.82) is 0 Å². The molecule has 0 aromatic heterocycles. The standard InChI is InChI=1S/C14H31NO/c1-6-7-8-9-13(4)15-14(12(2)3)10-11-16-5/h12-15H,6-11H2,1-5H3. The SMILES string of the molecule is CCCCCC(C)NC(CCOC)C(C)C. The van der Waals surface area contributed by atoms with Gasteiger partial charge in [0.15, 0.2) is 0 Å². The Morgan fingerprint density at radius 1 is 1.06 bits per heavy atom. The Hall–Kier alpha value is -0.0800. The predicted molar refractivity (Wildman–Crippen MR) is 71.9 cm³/mol. The summed E-state index contributed by atoms with van der Waals surface area (Å²) < 4.78 is 5.16. The van der Waals surface area contributed by atoms with E-state index in [0.29, 0.717) is 18.0 Å². The molecule has 0 aliphatic rings. The molecule has 98 valence electrons. The van der Waals surface area contributed by atoms with Crippen LogP contribution in [0.15, 0.2) is 0 Å². The summed E-state index contributed by atoms with van der Waals surface area (Å²) in [5.74, 6) is 0.684. The van der Waals surface area contributed by atoms with Gasteiger partial charge < -0.3 is 10.1 Å². The summed E-state index contributed by atoms with van der Waals surface area (Å²) in [5.41, 5.74) is 0. The maximum absolute atomic E-state index is 5.16. The maximum Gasteiger partial charge on any atom is 0.0477 e. The predicted octanol–water partition coefficient (Wildman–Crippen LogP) is 3.61. The van der Waals surface area contributed by atoms with Crippen molar-refractivity contribution < 1.29 is 4.74 Å². The van der Waals surface area contributed by atoms with Gasteiger partial charge >= 0.3 is 0 Å². The van der Waals surface area contributed by atoms with Gasteiger partial charge in [0, 0.05) is 25.8 Å². The van der Waals surface area contributed by atoms with E-state index >= 15 is 0 Å². The van der Waals surface area contributed by atoms with E-state index in [4.69, 9.17) is 4.74 Å². The molecular weight excluding hydrogens is 198 g/mol. The van der Waals surface area contributed by atoms with Crippen LogP contribution in [0, 0.1) is 5.92 Å². The van der Waals surface area contributed by atoms with Gasteiger partial charge in [0.25, 0.3) is 0 Å². The molecule has 0 fully saturated rings. The van der Waals surface area contributed by atoms with Crippen molar-refractivity contribution >= 4 is 0 Å². The second kappa shape index (κ2) is 10.1. The fraction of sp³-hybridized carbons (Fsp3) is 1.00. The molecule has 0 heterocycles. The topological polar surface area (TPSA) is 21.3 Å². The third kappa shape index (κ3) is 8.12. The van der Waals surface area contributed by atoms with E-state index in [9.17, 15) is 0 Å². The zero-order valence-electron chi connectivity index (χ0n) is 11.9. The largest absolute Gasteiger partial charge is 0.385 e. The highest BCUT2D eigenvalue weighted by Crippen LogP contribution is 2.10. The number of hydrogen-bond donors (Lipinski definition) is 1. The molecule has 0 aliphatic heterocycles. The average molecular weight is 229 g/mol. The number of nitrogens with one attached hydrogen (secondary N) is 1. The smallest absolute Gasteiger partial charge is 0.0477 e. The Morgan fingerprint density at radius 3 is 2.25 bits per heavy atom. The molecule has 2 heteroatoms. The molecular formula is C14H31NO.